The van der Waals surface area contributed by atoms with E-state index in [-0.39, 0.29) is 17.7 Å². The van der Waals surface area contributed by atoms with Gasteiger partial charge in [-0.25, -0.2) is 9.69 Å². The van der Waals surface area contributed by atoms with Crippen molar-refractivity contribution in [3.8, 4) is 0 Å². The number of imide groups is 1. The molecule has 1 aliphatic heterocycles. The van der Waals surface area contributed by atoms with Crippen molar-refractivity contribution in [1.82, 2.24) is 4.90 Å². The number of carbonyl (C=O) groups is 2. The van der Waals surface area contributed by atoms with Crippen LogP contribution < -0.4 is 0 Å². The molecule has 80 valence electrons. The van der Waals surface area contributed by atoms with Gasteiger partial charge in [0.2, 0.25) is 5.91 Å². The van der Waals surface area contributed by atoms with Crippen molar-refractivity contribution in [1.29, 1.82) is 0 Å². The molecule has 0 bridgehead atoms. The molecule has 0 aliphatic carbocycles. The average molecular weight is 211 g/mol. The normalized spacial score (nSPS) is 23.8. The molecular weight excluding hydrogens is 203 g/mol. The van der Waals surface area contributed by atoms with Crippen molar-refractivity contribution in [2.24, 2.45) is 5.92 Å². The van der Waals surface area contributed by atoms with Crippen LogP contribution in [0.25, 0.3) is 0 Å². The topological polar surface area (TPSA) is 57.6 Å². The maximum atomic E-state index is 12.2. The third-order valence-electron chi connectivity index (χ3n) is 2.10. The highest BCUT2D eigenvalue weighted by Gasteiger charge is 2.45. The molecule has 4 nitrogen and oxygen atoms in total. The Morgan fingerprint density at radius 2 is 2.07 bits per heavy atom. The molecule has 2 amide bonds. The largest absolute Gasteiger partial charge is 0.465 e. The SMILES string of the molecule is O=C(O)N1C[C@@H](C(F)(F)F)CCC1=O. The number of rotatable bonds is 0. The van der Waals surface area contributed by atoms with E-state index in [1.807, 2.05) is 0 Å². The molecule has 0 unspecified atom stereocenters. The highest BCUT2D eigenvalue weighted by atomic mass is 19.4. The number of hydrogen-bond donors (Lipinski definition) is 1. The summed E-state index contributed by atoms with van der Waals surface area (Å²) in [5, 5.41) is 8.43. The summed E-state index contributed by atoms with van der Waals surface area (Å²) in [6.45, 7) is -0.780. The number of carbonyl (C=O) groups excluding carboxylic acids is 1. The van der Waals surface area contributed by atoms with Crippen molar-refractivity contribution in [3.05, 3.63) is 0 Å². The molecule has 0 radical (unpaired) electrons. The van der Waals surface area contributed by atoms with Crippen molar-refractivity contribution < 1.29 is 27.9 Å². The van der Waals surface area contributed by atoms with E-state index in [1.165, 1.54) is 0 Å². The van der Waals surface area contributed by atoms with E-state index in [0.717, 1.165) is 0 Å². The van der Waals surface area contributed by atoms with Gasteiger partial charge in [0.25, 0.3) is 0 Å². The maximum Gasteiger partial charge on any atom is 0.414 e. The molecule has 0 saturated carbocycles. The number of amides is 2. The summed E-state index contributed by atoms with van der Waals surface area (Å²) >= 11 is 0. The standard InChI is InChI=1S/C7H8F3NO3/c8-7(9,10)4-1-2-5(12)11(3-4)6(13)14/h4H,1-3H2,(H,13,14)/t4-/m0/s1. The second kappa shape index (κ2) is 3.47. The van der Waals surface area contributed by atoms with E-state index in [4.69, 9.17) is 5.11 Å². The predicted molar refractivity (Wildman–Crippen MR) is 38.5 cm³/mol. The molecule has 1 aliphatic rings. The molecule has 1 heterocycles. The van der Waals surface area contributed by atoms with Gasteiger partial charge in [0, 0.05) is 13.0 Å². The first-order chi connectivity index (χ1) is 6.32. The smallest absolute Gasteiger partial charge is 0.414 e. The van der Waals surface area contributed by atoms with Crippen molar-refractivity contribution in [2.45, 2.75) is 19.0 Å². The van der Waals surface area contributed by atoms with Crippen LogP contribution in [-0.2, 0) is 4.79 Å². The molecule has 1 saturated heterocycles. The fourth-order valence-corrected chi connectivity index (χ4v) is 1.30. The summed E-state index contributed by atoms with van der Waals surface area (Å²) in [5.74, 6) is -2.49. The van der Waals surface area contributed by atoms with Gasteiger partial charge in [-0.1, -0.05) is 0 Å². The van der Waals surface area contributed by atoms with Crippen molar-refractivity contribution in [3.63, 3.8) is 0 Å². The van der Waals surface area contributed by atoms with Gasteiger partial charge in [-0.2, -0.15) is 13.2 Å². The number of alkyl halides is 3. The Balaban J connectivity index is 2.72. The van der Waals surface area contributed by atoms with Crippen LogP contribution in [0.4, 0.5) is 18.0 Å². The molecule has 14 heavy (non-hydrogen) atoms. The molecule has 0 aromatic carbocycles. The zero-order chi connectivity index (χ0) is 10.9. The average Bonchev–Trinajstić information content (AvgIpc) is 2.02. The van der Waals surface area contributed by atoms with Gasteiger partial charge in [0.05, 0.1) is 5.92 Å². The van der Waals surface area contributed by atoms with Crippen LogP contribution in [0.2, 0.25) is 0 Å². The van der Waals surface area contributed by atoms with E-state index in [0.29, 0.717) is 0 Å². The van der Waals surface area contributed by atoms with Crippen LogP contribution in [0.5, 0.6) is 0 Å². The van der Waals surface area contributed by atoms with Gasteiger partial charge >= 0.3 is 12.3 Å². The van der Waals surface area contributed by atoms with Crippen LogP contribution in [0, 0.1) is 5.92 Å². The van der Waals surface area contributed by atoms with Crippen LogP contribution in [0.1, 0.15) is 12.8 Å². The Labute approximate surface area is 77.3 Å². The molecule has 1 N–H and O–H groups in total. The second-order valence-corrected chi connectivity index (χ2v) is 3.06. The van der Waals surface area contributed by atoms with Gasteiger partial charge in [0.15, 0.2) is 0 Å². The monoisotopic (exact) mass is 211 g/mol. The number of likely N-dealkylation sites (tertiary alicyclic amines) is 1. The van der Waals surface area contributed by atoms with E-state index < -0.39 is 30.6 Å². The van der Waals surface area contributed by atoms with Gasteiger partial charge in [-0.05, 0) is 6.42 Å². The molecule has 7 heteroatoms. The lowest BCUT2D eigenvalue weighted by atomic mass is 9.97. The second-order valence-electron chi connectivity index (χ2n) is 3.06. The number of hydrogen-bond acceptors (Lipinski definition) is 2. The molecule has 1 rings (SSSR count). The van der Waals surface area contributed by atoms with E-state index in [2.05, 4.69) is 0 Å². The maximum absolute atomic E-state index is 12.2. The zero-order valence-electron chi connectivity index (χ0n) is 7.04. The Kier molecular flexibility index (Phi) is 2.68. The van der Waals surface area contributed by atoms with Crippen molar-refractivity contribution in [2.75, 3.05) is 6.54 Å². The lowest BCUT2D eigenvalue weighted by Crippen LogP contribution is -2.47. The molecule has 0 aromatic heterocycles. The van der Waals surface area contributed by atoms with E-state index in [1.54, 1.807) is 0 Å². The van der Waals surface area contributed by atoms with E-state index >= 15 is 0 Å². The van der Waals surface area contributed by atoms with Gasteiger partial charge in [-0.3, -0.25) is 4.79 Å². The zero-order valence-corrected chi connectivity index (χ0v) is 7.04. The molecule has 1 atom stereocenters. The van der Waals surface area contributed by atoms with E-state index in [9.17, 15) is 22.8 Å². The molecule has 0 spiro atoms. The Hall–Kier alpha value is -1.27. The summed E-state index contributed by atoms with van der Waals surface area (Å²) in [5.41, 5.74) is 0. The summed E-state index contributed by atoms with van der Waals surface area (Å²) in [7, 11) is 0. The first-order valence-corrected chi connectivity index (χ1v) is 3.92. The lowest BCUT2D eigenvalue weighted by Gasteiger charge is -2.30. The highest BCUT2D eigenvalue weighted by molar-refractivity contribution is 5.91. The number of nitrogens with zero attached hydrogens (tertiary/aromatic N) is 1. The predicted octanol–water partition coefficient (Wildman–Crippen LogP) is 1.47. The molecule has 1 fully saturated rings. The number of piperidine rings is 1. The first kappa shape index (κ1) is 10.8. The van der Waals surface area contributed by atoms with Crippen LogP contribution >= 0.6 is 0 Å². The summed E-state index contributed by atoms with van der Waals surface area (Å²) in [6.07, 6.45) is -6.75. The Bertz CT molecular complexity index is 263. The first-order valence-electron chi connectivity index (χ1n) is 3.92. The lowest BCUT2D eigenvalue weighted by molar-refractivity contribution is -0.186. The minimum absolute atomic E-state index is 0.224. The van der Waals surface area contributed by atoms with Crippen LogP contribution in [0.15, 0.2) is 0 Å². The highest BCUT2D eigenvalue weighted by Crippen LogP contribution is 2.33. The van der Waals surface area contributed by atoms with Gasteiger partial charge in [-0.15, -0.1) is 0 Å². The number of carboxylic acid groups (broad SMARTS) is 1. The number of halogens is 3. The van der Waals surface area contributed by atoms with Crippen LogP contribution in [-0.4, -0.2) is 34.7 Å². The van der Waals surface area contributed by atoms with Crippen molar-refractivity contribution >= 4 is 12.0 Å². The fraction of sp³-hybridized carbons (Fsp3) is 0.714. The Morgan fingerprint density at radius 1 is 1.50 bits per heavy atom. The van der Waals surface area contributed by atoms with Gasteiger partial charge in [0.1, 0.15) is 0 Å². The minimum Gasteiger partial charge on any atom is -0.465 e. The third-order valence-corrected chi connectivity index (χ3v) is 2.10. The summed E-state index contributed by atoms with van der Waals surface area (Å²) in [4.78, 5) is 21.5. The quantitative estimate of drug-likeness (QED) is 0.659. The molecular formula is C7H8F3NO3. The minimum atomic E-state index is -4.44. The third kappa shape index (κ3) is 2.15. The fourth-order valence-electron chi connectivity index (χ4n) is 1.30. The summed E-state index contributed by atoms with van der Waals surface area (Å²) < 4.78 is 36.5. The van der Waals surface area contributed by atoms with Gasteiger partial charge < -0.3 is 5.11 Å². The van der Waals surface area contributed by atoms with Crippen LogP contribution in [0.3, 0.4) is 0 Å². The Morgan fingerprint density at radius 3 is 2.50 bits per heavy atom. The molecule has 0 aromatic rings. The summed E-state index contributed by atoms with van der Waals surface area (Å²) in [6, 6.07) is 0.